The molecule has 0 saturated carbocycles. The van der Waals surface area contributed by atoms with Gasteiger partial charge in [-0.1, -0.05) is 12.1 Å². The van der Waals surface area contributed by atoms with E-state index in [1.807, 2.05) is 24.3 Å². The Morgan fingerprint density at radius 1 is 1.30 bits per heavy atom. The number of amides is 3. The number of nitrogens with one attached hydrogen (secondary N) is 2. The lowest BCUT2D eigenvalue weighted by Gasteiger charge is -2.25. The number of hydrogen-bond donors (Lipinski definition) is 2. The average molecular weight is 317 g/mol. The maximum absolute atomic E-state index is 12.7. The monoisotopic (exact) mass is 317 g/mol. The molecule has 2 N–H and O–H groups in total. The third-order valence-electron chi connectivity index (χ3n) is 4.01. The molecule has 0 unspecified atom stereocenters. The molecule has 0 bridgehead atoms. The molecular formula is C16H19N3O4. The number of carbonyl (C=O) groups excluding carboxylic acids is 2. The van der Waals surface area contributed by atoms with Crippen LogP contribution in [-0.2, 0) is 9.53 Å². The van der Waals surface area contributed by atoms with Gasteiger partial charge in [0.2, 0.25) is 0 Å². The van der Waals surface area contributed by atoms with E-state index in [0.717, 1.165) is 5.56 Å². The fourth-order valence-electron chi connectivity index (χ4n) is 2.88. The van der Waals surface area contributed by atoms with E-state index in [9.17, 15) is 9.59 Å². The number of benzene rings is 1. The minimum atomic E-state index is -0.478. The van der Waals surface area contributed by atoms with Crippen molar-refractivity contribution in [1.29, 1.82) is 0 Å². The Balaban J connectivity index is 1.92. The van der Waals surface area contributed by atoms with E-state index in [2.05, 4.69) is 10.6 Å². The molecule has 3 rings (SSSR count). The second-order valence-corrected chi connectivity index (χ2v) is 5.42. The largest absolute Gasteiger partial charge is 0.497 e. The summed E-state index contributed by atoms with van der Waals surface area (Å²) in [6.07, 6.45) is 0. The van der Waals surface area contributed by atoms with Gasteiger partial charge in [-0.3, -0.25) is 4.79 Å². The van der Waals surface area contributed by atoms with Crippen LogP contribution < -0.4 is 15.4 Å². The van der Waals surface area contributed by atoms with E-state index in [1.165, 1.54) is 0 Å². The predicted molar refractivity (Wildman–Crippen MR) is 82.9 cm³/mol. The summed E-state index contributed by atoms with van der Waals surface area (Å²) in [6.45, 7) is 1.34. The molecule has 2 heterocycles. The third-order valence-corrected chi connectivity index (χ3v) is 4.01. The summed E-state index contributed by atoms with van der Waals surface area (Å²) in [7, 11) is 3.17. The normalized spacial score (nSPS) is 20.3. The quantitative estimate of drug-likeness (QED) is 0.841. The zero-order chi connectivity index (χ0) is 16.4. The van der Waals surface area contributed by atoms with E-state index >= 15 is 0 Å². The molecular weight excluding hydrogens is 298 g/mol. The highest BCUT2D eigenvalue weighted by Gasteiger charge is 2.40. The van der Waals surface area contributed by atoms with Crippen molar-refractivity contribution in [2.75, 3.05) is 33.9 Å². The molecule has 3 amide bonds. The van der Waals surface area contributed by atoms with E-state index in [4.69, 9.17) is 9.47 Å². The van der Waals surface area contributed by atoms with Crippen LogP contribution in [0.3, 0.4) is 0 Å². The lowest BCUT2D eigenvalue weighted by Crippen LogP contribution is -2.44. The van der Waals surface area contributed by atoms with Crippen molar-refractivity contribution in [2.24, 2.45) is 0 Å². The van der Waals surface area contributed by atoms with Gasteiger partial charge in [-0.25, -0.2) is 4.79 Å². The van der Waals surface area contributed by atoms with Crippen LogP contribution in [-0.4, -0.2) is 50.8 Å². The Morgan fingerprint density at radius 2 is 2.13 bits per heavy atom. The lowest BCUT2D eigenvalue weighted by atomic mass is 9.96. The van der Waals surface area contributed by atoms with E-state index < -0.39 is 6.04 Å². The summed E-state index contributed by atoms with van der Waals surface area (Å²) in [5, 5.41) is 5.56. The second-order valence-electron chi connectivity index (χ2n) is 5.42. The summed E-state index contributed by atoms with van der Waals surface area (Å²) < 4.78 is 10.3. The van der Waals surface area contributed by atoms with Gasteiger partial charge in [0, 0.05) is 13.7 Å². The Kier molecular flexibility index (Phi) is 4.20. The number of methoxy groups -OCH3 is 2. The highest BCUT2D eigenvalue weighted by Crippen LogP contribution is 2.33. The summed E-state index contributed by atoms with van der Waals surface area (Å²) in [4.78, 5) is 26.3. The molecule has 2 aliphatic rings. The van der Waals surface area contributed by atoms with Crippen molar-refractivity contribution < 1.29 is 19.1 Å². The van der Waals surface area contributed by atoms with Crippen LogP contribution >= 0.6 is 0 Å². The number of carbonyl (C=O) groups is 2. The summed E-state index contributed by atoms with van der Waals surface area (Å²) in [5.41, 5.74) is 2.05. The predicted octanol–water partition coefficient (Wildman–Crippen LogP) is 0.792. The topological polar surface area (TPSA) is 79.9 Å². The van der Waals surface area contributed by atoms with Crippen molar-refractivity contribution >= 4 is 11.9 Å². The van der Waals surface area contributed by atoms with Crippen molar-refractivity contribution in [3.8, 4) is 5.75 Å². The standard InChI is InChI=1S/C16H19N3O4/c1-22-7-6-19-9-12-13(15(19)20)14(18-16(21)17-12)10-4-3-5-11(8-10)23-2/h3-5,8,14H,6-7,9H2,1-2H3,(H2,17,18,21)/t14-/m0/s1. The molecule has 0 aromatic heterocycles. The molecule has 23 heavy (non-hydrogen) atoms. The molecule has 1 aromatic carbocycles. The molecule has 122 valence electrons. The van der Waals surface area contributed by atoms with Crippen LogP contribution in [0.25, 0.3) is 0 Å². The molecule has 7 nitrogen and oxygen atoms in total. The fraction of sp³-hybridized carbons (Fsp3) is 0.375. The maximum atomic E-state index is 12.7. The Hall–Kier alpha value is -2.54. The van der Waals surface area contributed by atoms with Crippen molar-refractivity contribution in [3.05, 3.63) is 41.1 Å². The SMILES string of the molecule is COCCN1CC2=C(C1=O)[C@H](c1cccc(OC)c1)NC(=O)N2. The first-order chi connectivity index (χ1) is 11.1. The Morgan fingerprint density at radius 3 is 2.87 bits per heavy atom. The molecule has 1 aromatic rings. The number of hydrogen-bond acceptors (Lipinski definition) is 4. The highest BCUT2D eigenvalue weighted by atomic mass is 16.5. The molecule has 0 aliphatic carbocycles. The van der Waals surface area contributed by atoms with Gasteiger partial charge < -0.3 is 25.0 Å². The molecule has 1 atom stereocenters. The summed E-state index contributed by atoms with van der Waals surface area (Å²) >= 11 is 0. The molecule has 0 saturated heterocycles. The summed E-state index contributed by atoms with van der Waals surface area (Å²) in [5.74, 6) is 0.594. The van der Waals surface area contributed by atoms with Gasteiger partial charge in [0.1, 0.15) is 5.75 Å². The molecule has 0 spiro atoms. The van der Waals surface area contributed by atoms with Gasteiger partial charge in [-0.05, 0) is 17.7 Å². The van der Waals surface area contributed by atoms with Gasteiger partial charge >= 0.3 is 6.03 Å². The highest BCUT2D eigenvalue weighted by molar-refractivity contribution is 6.01. The Labute approximate surface area is 134 Å². The average Bonchev–Trinajstić information content (AvgIpc) is 2.88. The Bertz CT molecular complexity index is 671. The zero-order valence-electron chi connectivity index (χ0n) is 13.1. The van der Waals surface area contributed by atoms with Gasteiger partial charge in [0.15, 0.2) is 0 Å². The number of urea groups is 1. The molecule has 2 aliphatic heterocycles. The molecule has 7 heteroatoms. The van der Waals surface area contributed by atoms with E-state index in [0.29, 0.717) is 36.7 Å². The molecule has 0 fully saturated rings. The minimum absolute atomic E-state index is 0.0858. The fourth-order valence-corrected chi connectivity index (χ4v) is 2.88. The van der Waals surface area contributed by atoms with Crippen LogP contribution in [0.4, 0.5) is 4.79 Å². The summed E-state index contributed by atoms with van der Waals surface area (Å²) in [6, 6.07) is 6.57. The molecule has 0 radical (unpaired) electrons. The smallest absolute Gasteiger partial charge is 0.319 e. The van der Waals surface area contributed by atoms with Gasteiger partial charge in [0.05, 0.1) is 37.6 Å². The maximum Gasteiger partial charge on any atom is 0.319 e. The van der Waals surface area contributed by atoms with Gasteiger partial charge in [-0.2, -0.15) is 0 Å². The van der Waals surface area contributed by atoms with Crippen molar-refractivity contribution in [3.63, 3.8) is 0 Å². The third kappa shape index (κ3) is 2.87. The first-order valence-corrected chi connectivity index (χ1v) is 7.36. The van der Waals surface area contributed by atoms with Crippen molar-refractivity contribution in [2.45, 2.75) is 6.04 Å². The first-order valence-electron chi connectivity index (χ1n) is 7.36. The van der Waals surface area contributed by atoms with Gasteiger partial charge in [0.25, 0.3) is 5.91 Å². The van der Waals surface area contributed by atoms with Crippen molar-refractivity contribution in [1.82, 2.24) is 15.5 Å². The number of nitrogens with zero attached hydrogens (tertiary/aromatic N) is 1. The van der Waals surface area contributed by atoms with Crippen LogP contribution in [0.1, 0.15) is 11.6 Å². The van der Waals surface area contributed by atoms with E-state index in [-0.39, 0.29) is 11.9 Å². The lowest BCUT2D eigenvalue weighted by molar-refractivity contribution is -0.126. The zero-order valence-corrected chi connectivity index (χ0v) is 13.1. The van der Waals surface area contributed by atoms with Crippen LogP contribution in [0.5, 0.6) is 5.75 Å². The number of rotatable bonds is 5. The van der Waals surface area contributed by atoms with Crippen LogP contribution in [0.15, 0.2) is 35.5 Å². The first kappa shape index (κ1) is 15.4. The van der Waals surface area contributed by atoms with Crippen LogP contribution in [0, 0.1) is 0 Å². The number of ether oxygens (including phenoxy) is 2. The van der Waals surface area contributed by atoms with E-state index in [1.54, 1.807) is 19.1 Å². The van der Waals surface area contributed by atoms with Crippen LogP contribution in [0.2, 0.25) is 0 Å². The van der Waals surface area contributed by atoms with Gasteiger partial charge in [-0.15, -0.1) is 0 Å². The minimum Gasteiger partial charge on any atom is -0.497 e. The second kappa shape index (κ2) is 6.29.